The fourth-order valence-electron chi connectivity index (χ4n) is 5.39. The van der Waals surface area contributed by atoms with Gasteiger partial charge in [0.05, 0.1) is 35.6 Å². The van der Waals surface area contributed by atoms with E-state index in [1.807, 2.05) is 36.4 Å². The van der Waals surface area contributed by atoms with Gasteiger partial charge >= 0.3 is 5.97 Å². The molecule has 10 nitrogen and oxygen atoms in total. The van der Waals surface area contributed by atoms with Gasteiger partial charge < -0.3 is 25.4 Å². The highest BCUT2D eigenvalue weighted by molar-refractivity contribution is 6.39. The molecule has 13 heteroatoms. The van der Waals surface area contributed by atoms with E-state index < -0.39 is 17.3 Å². The Morgan fingerprint density at radius 3 is 2.44 bits per heavy atom. The summed E-state index contributed by atoms with van der Waals surface area (Å²) in [5.74, 6) is -0.535. The van der Waals surface area contributed by atoms with Gasteiger partial charge in [0.25, 0.3) is 0 Å². The molecule has 0 aliphatic carbocycles. The van der Waals surface area contributed by atoms with E-state index in [1.54, 1.807) is 33.1 Å². The number of hydrogen-bond acceptors (Lipinski definition) is 9. The highest BCUT2D eigenvalue weighted by atomic mass is 35.5. The third kappa shape index (κ3) is 7.87. The van der Waals surface area contributed by atoms with Gasteiger partial charge in [-0.1, -0.05) is 59.6 Å². The van der Waals surface area contributed by atoms with Gasteiger partial charge in [-0.15, -0.1) is 0 Å². The lowest BCUT2D eigenvalue weighted by molar-refractivity contribution is -0.147. The zero-order valence-corrected chi connectivity index (χ0v) is 28.6. The number of amides is 1. The number of rotatable bonds is 13. The van der Waals surface area contributed by atoms with Crippen LogP contribution in [-0.4, -0.2) is 54.2 Å². The number of hydrogen-bond donors (Lipinski definition) is 4. The molecule has 2 aromatic carbocycles. The summed E-state index contributed by atoms with van der Waals surface area (Å²) in [4.78, 5) is 32.4. The number of pyridine rings is 2. The van der Waals surface area contributed by atoms with Crippen LogP contribution >= 0.6 is 23.2 Å². The van der Waals surface area contributed by atoms with Gasteiger partial charge in [-0.3, -0.25) is 14.9 Å². The highest BCUT2D eigenvalue weighted by Crippen LogP contribution is 2.42. The molecule has 1 aliphatic heterocycles. The first-order valence-electron chi connectivity index (χ1n) is 15.4. The molecule has 1 saturated heterocycles. The second-order valence-corrected chi connectivity index (χ2v) is 12.6. The average molecular weight is 696 g/mol. The number of ether oxygens (including phenoxy) is 2. The summed E-state index contributed by atoms with van der Waals surface area (Å²) >= 11 is 13.9. The van der Waals surface area contributed by atoms with E-state index in [-0.39, 0.29) is 24.3 Å². The van der Waals surface area contributed by atoms with Crippen molar-refractivity contribution in [1.82, 2.24) is 25.9 Å². The SMILES string of the molecule is COC(=O)C(C)(C)NCc1ccnc(Nc2cccc(-c3cccc(-c4ccc(CNC[C@@H]5CCC(=O)N5)c(OC)n4)c3Cl)c2Cl)c1F. The van der Waals surface area contributed by atoms with Crippen molar-refractivity contribution in [2.45, 2.75) is 51.4 Å². The molecular weight excluding hydrogens is 658 g/mol. The van der Waals surface area contributed by atoms with E-state index in [4.69, 9.17) is 37.7 Å². The number of carbonyl (C=O) groups excluding carboxylic acids is 2. The second-order valence-electron chi connectivity index (χ2n) is 11.9. The summed E-state index contributed by atoms with van der Waals surface area (Å²) in [5, 5.41) is 13.1. The van der Waals surface area contributed by atoms with Crippen LogP contribution in [0.1, 0.15) is 37.8 Å². The first-order valence-corrected chi connectivity index (χ1v) is 16.1. The predicted octanol–water partition coefficient (Wildman–Crippen LogP) is 6.42. The van der Waals surface area contributed by atoms with Crippen LogP contribution in [0.15, 0.2) is 60.8 Å². The van der Waals surface area contributed by atoms with Crippen LogP contribution in [-0.2, 0) is 27.4 Å². The molecule has 0 saturated carbocycles. The van der Waals surface area contributed by atoms with Crippen molar-refractivity contribution in [3.05, 3.63) is 87.8 Å². The lowest BCUT2D eigenvalue weighted by atomic mass is 10.00. The summed E-state index contributed by atoms with van der Waals surface area (Å²) in [6.07, 6.45) is 2.84. The third-order valence-electron chi connectivity index (χ3n) is 8.13. The van der Waals surface area contributed by atoms with Crippen LogP contribution in [0.5, 0.6) is 5.88 Å². The minimum absolute atomic E-state index is 0.0251. The van der Waals surface area contributed by atoms with E-state index >= 15 is 4.39 Å². The Morgan fingerprint density at radius 1 is 1.00 bits per heavy atom. The van der Waals surface area contributed by atoms with Gasteiger partial charge in [0, 0.05) is 66.1 Å². The van der Waals surface area contributed by atoms with Gasteiger partial charge in [0.2, 0.25) is 11.8 Å². The Balaban J connectivity index is 1.35. The summed E-state index contributed by atoms with van der Waals surface area (Å²) in [5.41, 5.74) is 3.16. The lowest BCUT2D eigenvalue weighted by Crippen LogP contribution is -2.47. The number of halogens is 3. The molecule has 252 valence electrons. The number of nitrogens with one attached hydrogen (secondary N) is 4. The highest BCUT2D eigenvalue weighted by Gasteiger charge is 2.28. The van der Waals surface area contributed by atoms with E-state index in [0.717, 1.165) is 12.0 Å². The number of esters is 1. The minimum Gasteiger partial charge on any atom is -0.481 e. The van der Waals surface area contributed by atoms with Crippen molar-refractivity contribution in [3.8, 4) is 28.3 Å². The van der Waals surface area contributed by atoms with Gasteiger partial charge in [0.15, 0.2) is 11.6 Å². The van der Waals surface area contributed by atoms with E-state index in [2.05, 4.69) is 26.3 Å². The Morgan fingerprint density at radius 2 is 1.73 bits per heavy atom. The van der Waals surface area contributed by atoms with Crippen molar-refractivity contribution in [1.29, 1.82) is 0 Å². The Labute approximate surface area is 288 Å². The molecule has 0 unspecified atom stereocenters. The second kappa shape index (κ2) is 15.3. The molecule has 0 radical (unpaired) electrons. The van der Waals surface area contributed by atoms with Gasteiger partial charge in [-0.05, 0) is 38.5 Å². The molecule has 0 bridgehead atoms. The molecule has 2 aromatic heterocycles. The fourth-order valence-corrected chi connectivity index (χ4v) is 5.99. The van der Waals surface area contributed by atoms with Gasteiger partial charge in [0.1, 0.15) is 5.54 Å². The fraction of sp³-hybridized carbons (Fsp3) is 0.314. The number of nitrogens with zero attached hydrogens (tertiary/aromatic N) is 2. The molecule has 48 heavy (non-hydrogen) atoms. The molecule has 1 fully saturated rings. The average Bonchev–Trinajstić information content (AvgIpc) is 3.50. The van der Waals surface area contributed by atoms with Crippen LogP contribution in [0.2, 0.25) is 10.0 Å². The maximum atomic E-state index is 15.5. The molecule has 1 atom stereocenters. The first kappa shape index (κ1) is 35.0. The predicted molar refractivity (Wildman–Crippen MR) is 185 cm³/mol. The Hall–Kier alpha value is -4.29. The molecule has 1 amide bonds. The van der Waals surface area contributed by atoms with Crippen LogP contribution in [0.3, 0.4) is 0 Å². The number of benzene rings is 2. The standard InChI is InChI=1S/C35H37Cl2FN6O4/c1-35(2,34(46)48-4)41-18-20-15-16-40-32(31(20)38)43-27-10-6-8-24(30(27)37)23-7-5-9-25(29(23)36)26-13-11-21(33(44-26)47-3)17-39-19-22-12-14-28(45)42-22/h5-11,13,15-16,22,39,41H,12,14,17-19H2,1-4H3,(H,40,43)(H,42,45)/t22-/m0/s1. The van der Waals surface area contributed by atoms with E-state index in [1.165, 1.54) is 19.4 Å². The molecule has 5 rings (SSSR count). The summed E-state index contributed by atoms with van der Waals surface area (Å²) in [6, 6.07) is 16.4. The Bertz CT molecular complexity index is 1820. The van der Waals surface area contributed by atoms with Crippen LogP contribution in [0.25, 0.3) is 22.4 Å². The molecule has 4 N–H and O–H groups in total. The molecule has 4 aromatic rings. The van der Waals surface area contributed by atoms with Crippen molar-refractivity contribution in [2.75, 3.05) is 26.1 Å². The monoisotopic (exact) mass is 694 g/mol. The topological polar surface area (TPSA) is 126 Å². The smallest absolute Gasteiger partial charge is 0.325 e. The zero-order valence-electron chi connectivity index (χ0n) is 27.0. The molecular formula is C35H37Cl2FN6O4. The van der Waals surface area contributed by atoms with Crippen LogP contribution in [0.4, 0.5) is 15.9 Å². The zero-order chi connectivity index (χ0) is 34.4. The number of methoxy groups -OCH3 is 2. The largest absolute Gasteiger partial charge is 0.481 e. The maximum absolute atomic E-state index is 15.5. The summed E-state index contributed by atoms with van der Waals surface area (Å²) < 4.78 is 26.0. The quantitative estimate of drug-likeness (QED) is 0.117. The third-order valence-corrected chi connectivity index (χ3v) is 8.94. The van der Waals surface area contributed by atoms with Crippen molar-refractivity contribution >= 4 is 46.6 Å². The number of anilines is 2. The Kier molecular flexibility index (Phi) is 11.2. The van der Waals surface area contributed by atoms with E-state index in [9.17, 15) is 9.59 Å². The number of carbonyl (C=O) groups is 2. The molecule has 0 spiro atoms. The van der Waals surface area contributed by atoms with Gasteiger partial charge in [-0.25, -0.2) is 14.4 Å². The number of aromatic nitrogens is 2. The van der Waals surface area contributed by atoms with E-state index in [0.29, 0.717) is 69.1 Å². The van der Waals surface area contributed by atoms with Crippen molar-refractivity contribution in [2.24, 2.45) is 0 Å². The summed E-state index contributed by atoms with van der Waals surface area (Å²) in [7, 11) is 2.87. The first-order chi connectivity index (χ1) is 23.0. The summed E-state index contributed by atoms with van der Waals surface area (Å²) in [6.45, 7) is 4.55. The minimum atomic E-state index is -1.01. The van der Waals surface area contributed by atoms with Crippen molar-refractivity contribution in [3.63, 3.8) is 0 Å². The normalized spacial score (nSPS) is 14.5. The molecule has 1 aliphatic rings. The molecule has 3 heterocycles. The maximum Gasteiger partial charge on any atom is 0.325 e. The lowest BCUT2D eigenvalue weighted by Gasteiger charge is -2.23. The van der Waals surface area contributed by atoms with Gasteiger partial charge in [-0.2, -0.15) is 0 Å². The van der Waals surface area contributed by atoms with Crippen LogP contribution < -0.4 is 26.0 Å². The van der Waals surface area contributed by atoms with Crippen molar-refractivity contribution < 1.29 is 23.5 Å². The van der Waals surface area contributed by atoms with Crippen LogP contribution in [0, 0.1) is 5.82 Å².